The van der Waals surface area contributed by atoms with E-state index in [4.69, 9.17) is 0 Å². The number of rotatable bonds is 5. The summed E-state index contributed by atoms with van der Waals surface area (Å²) < 4.78 is 0. The fourth-order valence-corrected chi connectivity index (χ4v) is 4.53. The lowest BCUT2D eigenvalue weighted by Gasteiger charge is -2.35. The van der Waals surface area contributed by atoms with Crippen LogP contribution in [0.25, 0.3) is 11.3 Å². The van der Waals surface area contributed by atoms with Crippen LogP contribution < -0.4 is 4.90 Å². The van der Waals surface area contributed by atoms with Crippen molar-refractivity contribution in [2.75, 3.05) is 31.1 Å². The van der Waals surface area contributed by atoms with Crippen molar-refractivity contribution < 1.29 is 9.59 Å². The Labute approximate surface area is 211 Å². The summed E-state index contributed by atoms with van der Waals surface area (Å²) in [5.74, 6) is 0.544. The van der Waals surface area contributed by atoms with Gasteiger partial charge in [0, 0.05) is 42.9 Å². The van der Waals surface area contributed by atoms with Gasteiger partial charge in [0.15, 0.2) is 11.6 Å². The maximum absolute atomic E-state index is 13.4. The standard InChI is InChI=1S/C30H28N4O2/c1-21-11-13-23(14-12-21)29(35)25-9-5-6-10-26(25)30(36)34-19-17-33(18-20-34)28-16-15-27(31-32-28)24-8-4-3-7-22(24)2/h3-16H,17-20H2,1-2H3. The van der Waals surface area contributed by atoms with E-state index in [2.05, 4.69) is 28.1 Å². The van der Waals surface area contributed by atoms with Crippen LogP contribution in [0.2, 0.25) is 0 Å². The van der Waals surface area contributed by atoms with E-state index in [1.807, 2.05) is 66.4 Å². The number of hydrogen-bond acceptors (Lipinski definition) is 5. The summed E-state index contributed by atoms with van der Waals surface area (Å²) in [6, 6.07) is 26.6. The molecule has 0 radical (unpaired) electrons. The van der Waals surface area contributed by atoms with Gasteiger partial charge in [-0.05, 0) is 37.6 Å². The normalized spacial score (nSPS) is 13.5. The number of aromatic nitrogens is 2. The number of carbonyl (C=O) groups excluding carboxylic acids is 2. The van der Waals surface area contributed by atoms with Crippen LogP contribution >= 0.6 is 0 Å². The van der Waals surface area contributed by atoms with Gasteiger partial charge in [-0.1, -0.05) is 72.3 Å². The minimum absolute atomic E-state index is 0.119. The Hall–Kier alpha value is -4.32. The van der Waals surface area contributed by atoms with E-state index >= 15 is 0 Å². The molecule has 5 rings (SSSR count). The van der Waals surface area contributed by atoms with Gasteiger partial charge in [-0.25, -0.2) is 0 Å². The van der Waals surface area contributed by atoms with Crippen molar-refractivity contribution >= 4 is 17.5 Å². The Bertz CT molecular complexity index is 1390. The fraction of sp³-hybridized carbons (Fsp3) is 0.200. The second kappa shape index (κ2) is 10.1. The maximum atomic E-state index is 13.4. The van der Waals surface area contributed by atoms with Gasteiger partial charge in [0.05, 0.1) is 11.3 Å². The molecule has 6 heteroatoms. The molecule has 0 unspecified atom stereocenters. The predicted molar refractivity (Wildman–Crippen MR) is 141 cm³/mol. The molecule has 2 heterocycles. The number of hydrogen-bond donors (Lipinski definition) is 0. The predicted octanol–water partition coefficient (Wildman–Crippen LogP) is 4.95. The van der Waals surface area contributed by atoms with E-state index in [0.29, 0.717) is 42.9 Å². The Morgan fingerprint density at radius 1 is 0.694 bits per heavy atom. The molecular formula is C30H28N4O2. The zero-order chi connectivity index (χ0) is 25.1. The van der Waals surface area contributed by atoms with Gasteiger partial charge in [0.25, 0.3) is 5.91 Å². The smallest absolute Gasteiger partial charge is 0.254 e. The second-order valence-electron chi connectivity index (χ2n) is 9.11. The first-order chi connectivity index (χ1) is 17.5. The monoisotopic (exact) mass is 476 g/mol. The summed E-state index contributed by atoms with van der Waals surface area (Å²) in [5, 5.41) is 8.89. The van der Waals surface area contributed by atoms with Gasteiger partial charge in [0.2, 0.25) is 0 Å². The van der Waals surface area contributed by atoms with E-state index in [9.17, 15) is 9.59 Å². The fourth-order valence-electron chi connectivity index (χ4n) is 4.53. The zero-order valence-electron chi connectivity index (χ0n) is 20.5. The average molecular weight is 477 g/mol. The first-order valence-electron chi connectivity index (χ1n) is 12.2. The summed E-state index contributed by atoms with van der Waals surface area (Å²) in [7, 11) is 0. The molecule has 0 bridgehead atoms. The number of benzene rings is 3. The van der Waals surface area contributed by atoms with Crippen LogP contribution in [0.15, 0.2) is 84.9 Å². The van der Waals surface area contributed by atoms with Crippen molar-refractivity contribution in [1.29, 1.82) is 0 Å². The van der Waals surface area contributed by atoms with E-state index in [1.165, 1.54) is 0 Å². The first-order valence-corrected chi connectivity index (χ1v) is 12.2. The molecule has 1 fully saturated rings. The van der Waals surface area contributed by atoms with Crippen molar-refractivity contribution in [2.24, 2.45) is 0 Å². The van der Waals surface area contributed by atoms with Crippen molar-refractivity contribution in [3.05, 3.63) is 113 Å². The van der Waals surface area contributed by atoms with Gasteiger partial charge in [-0.3, -0.25) is 9.59 Å². The highest BCUT2D eigenvalue weighted by molar-refractivity contribution is 6.15. The molecule has 0 saturated carbocycles. The van der Waals surface area contributed by atoms with E-state index in [1.54, 1.807) is 24.3 Å². The molecule has 1 amide bonds. The Morgan fingerprint density at radius 2 is 1.36 bits per heavy atom. The molecule has 1 aliphatic heterocycles. The molecule has 1 aliphatic rings. The molecular weight excluding hydrogens is 448 g/mol. The van der Waals surface area contributed by atoms with Gasteiger partial charge in [-0.15, -0.1) is 10.2 Å². The maximum Gasteiger partial charge on any atom is 0.254 e. The highest BCUT2D eigenvalue weighted by atomic mass is 16.2. The molecule has 36 heavy (non-hydrogen) atoms. The highest BCUT2D eigenvalue weighted by Crippen LogP contribution is 2.23. The summed E-state index contributed by atoms with van der Waals surface area (Å²) in [6.07, 6.45) is 0. The second-order valence-corrected chi connectivity index (χ2v) is 9.11. The molecule has 0 spiro atoms. The lowest BCUT2D eigenvalue weighted by atomic mass is 9.97. The van der Waals surface area contributed by atoms with E-state index in [0.717, 1.165) is 28.2 Å². The molecule has 0 atom stereocenters. The summed E-state index contributed by atoms with van der Waals surface area (Å²) in [4.78, 5) is 30.5. The van der Waals surface area contributed by atoms with Crippen LogP contribution in [0.1, 0.15) is 37.4 Å². The number of ketones is 1. The SMILES string of the molecule is Cc1ccc(C(=O)c2ccccc2C(=O)N2CCN(c3ccc(-c4ccccc4C)nn3)CC2)cc1. The van der Waals surface area contributed by atoms with Crippen LogP contribution in [0.3, 0.4) is 0 Å². The van der Waals surface area contributed by atoms with E-state index in [-0.39, 0.29) is 11.7 Å². The molecule has 0 aliphatic carbocycles. The third-order valence-electron chi connectivity index (χ3n) is 6.68. The quantitative estimate of drug-likeness (QED) is 0.381. The molecule has 3 aromatic carbocycles. The summed E-state index contributed by atoms with van der Waals surface area (Å²) in [5.41, 5.74) is 5.63. The van der Waals surface area contributed by atoms with Crippen LogP contribution in [0, 0.1) is 13.8 Å². The Balaban J connectivity index is 1.27. The molecule has 1 aromatic heterocycles. The Morgan fingerprint density at radius 3 is 2.03 bits per heavy atom. The number of piperazine rings is 1. The average Bonchev–Trinajstić information content (AvgIpc) is 2.93. The number of aryl methyl sites for hydroxylation is 2. The molecule has 6 nitrogen and oxygen atoms in total. The molecule has 0 N–H and O–H groups in total. The third kappa shape index (κ3) is 4.75. The third-order valence-corrected chi connectivity index (χ3v) is 6.68. The van der Waals surface area contributed by atoms with Gasteiger partial charge in [0.1, 0.15) is 0 Å². The van der Waals surface area contributed by atoms with Gasteiger partial charge < -0.3 is 9.80 Å². The minimum Gasteiger partial charge on any atom is -0.352 e. The topological polar surface area (TPSA) is 66.4 Å². The van der Waals surface area contributed by atoms with E-state index < -0.39 is 0 Å². The van der Waals surface area contributed by atoms with Crippen molar-refractivity contribution in [2.45, 2.75) is 13.8 Å². The molecule has 4 aromatic rings. The molecule has 180 valence electrons. The lowest BCUT2D eigenvalue weighted by Crippen LogP contribution is -2.49. The zero-order valence-corrected chi connectivity index (χ0v) is 20.5. The minimum atomic E-state index is -0.137. The highest BCUT2D eigenvalue weighted by Gasteiger charge is 2.26. The van der Waals surface area contributed by atoms with Crippen molar-refractivity contribution in [1.82, 2.24) is 15.1 Å². The van der Waals surface area contributed by atoms with Gasteiger partial charge in [-0.2, -0.15) is 0 Å². The number of anilines is 1. The van der Waals surface area contributed by atoms with Crippen LogP contribution in [-0.4, -0.2) is 53.0 Å². The van der Waals surface area contributed by atoms with Crippen molar-refractivity contribution in [3.8, 4) is 11.3 Å². The van der Waals surface area contributed by atoms with Crippen molar-refractivity contribution in [3.63, 3.8) is 0 Å². The summed E-state index contributed by atoms with van der Waals surface area (Å²) >= 11 is 0. The van der Waals surface area contributed by atoms with Gasteiger partial charge >= 0.3 is 0 Å². The first kappa shape index (κ1) is 23.4. The number of carbonyl (C=O) groups is 2. The lowest BCUT2D eigenvalue weighted by molar-refractivity contribution is 0.0742. The summed E-state index contributed by atoms with van der Waals surface area (Å²) in [6.45, 7) is 6.44. The van der Waals surface area contributed by atoms with Crippen LogP contribution in [0.5, 0.6) is 0 Å². The van der Waals surface area contributed by atoms with Crippen LogP contribution in [-0.2, 0) is 0 Å². The Kier molecular flexibility index (Phi) is 6.58. The number of amides is 1. The van der Waals surface area contributed by atoms with Crippen LogP contribution in [0.4, 0.5) is 5.82 Å². The molecule has 1 saturated heterocycles. The largest absolute Gasteiger partial charge is 0.352 e. The number of nitrogens with zero attached hydrogens (tertiary/aromatic N) is 4.